The number of esters is 9. The van der Waals surface area contributed by atoms with Gasteiger partial charge in [-0.3, -0.25) is 81.5 Å². The summed E-state index contributed by atoms with van der Waals surface area (Å²) in [5.41, 5.74) is 0.0382. The molecule has 17 unspecified atom stereocenters. The number of amides is 8. The molecular formula is C80H123N10O37P. The van der Waals surface area contributed by atoms with Gasteiger partial charge in [0.1, 0.15) is 81.1 Å². The number of rotatable bonds is 56. The van der Waals surface area contributed by atoms with Crippen molar-refractivity contribution in [2.45, 2.75) is 240 Å². The number of carbonyl (C=O) groups excluding carboxylic acids is 17. The van der Waals surface area contributed by atoms with Crippen LogP contribution in [0.15, 0.2) is 29.3 Å². The van der Waals surface area contributed by atoms with Crippen LogP contribution < -0.4 is 41.7 Å². The normalized spacial score (nSPS) is 22.3. The molecule has 128 heavy (non-hydrogen) atoms. The van der Waals surface area contributed by atoms with Crippen molar-refractivity contribution in [1.29, 1.82) is 0 Å². The molecule has 48 heteroatoms. The molecule has 1 aromatic rings. The lowest BCUT2D eigenvalue weighted by atomic mass is 9.96. The highest BCUT2D eigenvalue weighted by atomic mass is 31.2. The van der Waals surface area contributed by atoms with Gasteiger partial charge in [0.15, 0.2) is 55.5 Å². The van der Waals surface area contributed by atoms with Crippen LogP contribution in [-0.4, -0.2) is 352 Å². The third kappa shape index (κ3) is 41.4. The zero-order valence-corrected chi connectivity index (χ0v) is 75.8. The first-order valence-electron chi connectivity index (χ1n) is 41.2. The van der Waals surface area contributed by atoms with Crippen LogP contribution in [-0.2, 0) is 166 Å². The van der Waals surface area contributed by atoms with Gasteiger partial charge in [-0.15, -0.1) is 0 Å². The third-order valence-electron chi connectivity index (χ3n) is 17.9. The molecule has 3 saturated heterocycles. The molecule has 1 aromatic carbocycles. The van der Waals surface area contributed by atoms with E-state index in [9.17, 15) is 81.5 Å². The first-order chi connectivity index (χ1) is 60.6. The minimum absolute atomic E-state index is 0.0126. The molecule has 8 amide bonds. The lowest BCUT2D eigenvalue weighted by molar-refractivity contribution is -0.279. The lowest BCUT2D eigenvalue weighted by Gasteiger charge is -2.44. The SMILES string of the molecule is C=NCCCOP(Oc1ccc(C(=O)NC(CCC(=O)N(CC(=O)NCCOCCOC2OC(COC(C)=O)C(OC(C)=O)C(OC(C)=O)C2NC(C)=O)CC(=O)NCCOCCOC2OC(COC(C)=O)C(OC(C)=O)C(OC(C)=O)C2NC(C)=O)C(=O)NCCOCCOC2OC(COC(C)=O)C(OC(C)=O)C(OC(C)=O)C2NC(C)=O)cc1)N(C(C)C)C(C)C. The Hall–Kier alpha value is -10.3. The van der Waals surface area contributed by atoms with Crippen molar-refractivity contribution in [3.8, 4) is 5.75 Å². The Labute approximate surface area is 741 Å². The molecule has 0 radical (unpaired) electrons. The van der Waals surface area contributed by atoms with Crippen LogP contribution in [0, 0.1) is 0 Å². The largest absolute Gasteiger partial charge is 0.463 e. The van der Waals surface area contributed by atoms with E-state index in [4.69, 9.17) is 94.3 Å². The van der Waals surface area contributed by atoms with Gasteiger partial charge in [-0.05, 0) is 71.5 Å². The summed E-state index contributed by atoms with van der Waals surface area (Å²) < 4.78 is 116. The molecule has 3 aliphatic heterocycles. The molecular weight excluding hydrogens is 1720 g/mol. The Kier molecular flexibility index (Phi) is 50.1. The Balaban J connectivity index is 1.60. The van der Waals surface area contributed by atoms with E-state index in [1.807, 2.05) is 27.7 Å². The van der Waals surface area contributed by atoms with Crippen molar-refractivity contribution in [3.63, 3.8) is 0 Å². The zero-order valence-electron chi connectivity index (χ0n) is 74.9. The minimum atomic E-state index is -1.69. The zero-order chi connectivity index (χ0) is 95.3. The van der Waals surface area contributed by atoms with Gasteiger partial charge in [0.25, 0.3) is 5.91 Å². The molecule has 7 N–H and O–H groups in total. The monoisotopic (exact) mass is 1850 g/mol. The van der Waals surface area contributed by atoms with Crippen molar-refractivity contribution in [2.75, 3.05) is 125 Å². The van der Waals surface area contributed by atoms with Gasteiger partial charge in [0.2, 0.25) is 41.4 Å². The van der Waals surface area contributed by atoms with Crippen molar-refractivity contribution in [1.82, 2.24) is 46.8 Å². The molecule has 3 fully saturated rings. The van der Waals surface area contributed by atoms with Gasteiger partial charge in [-0.2, -0.15) is 0 Å². The Morgan fingerprint density at radius 1 is 0.438 bits per heavy atom. The maximum absolute atomic E-state index is 14.7. The van der Waals surface area contributed by atoms with E-state index in [1.54, 1.807) is 0 Å². The number of carbonyl (C=O) groups is 17. The second-order valence-electron chi connectivity index (χ2n) is 29.5. The summed E-state index contributed by atoms with van der Waals surface area (Å²) in [6.07, 6.45) is -17.0. The summed E-state index contributed by atoms with van der Waals surface area (Å²) >= 11 is 0. The Bertz CT molecular complexity index is 3700. The Morgan fingerprint density at radius 3 is 1.10 bits per heavy atom. The van der Waals surface area contributed by atoms with Gasteiger partial charge >= 0.3 is 62.2 Å². The topological polar surface area (TPSA) is 578 Å². The number of aliphatic imine (C=N–C) groups is 1. The van der Waals surface area contributed by atoms with E-state index in [2.05, 4.69) is 53.6 Å². The molecule has 17 atom stereocenters. The van der Waals surface area contributed by atoms with E-state index in [1.165, 1.54) is 24.3 Å². The Morgan fingerprint density at radius 2 is 0.781 bits per heavy atom. The maximum atomic E-state index is 14.7. The predicted octanol–water partition coefficient (Wildman–Crippen LogP) is -1.36. The van der Waals surface area contributed by atoms with Gasteiger partial charge in [-0.1, -0.05) is 0 Å². The molecule has 4 rings (SSSR count). The molecule has 0 aromatic heterocycles. The van der Waals surface area contributed by atoms with Crippen molar-refractivity contribution < 1.29 is 176 Å². The second-order valence-corrected chi connectivity index (χ2v) is 30.8. The fourth-order valence-electron chi connectivity index (χ4n) is 13.0. The van der Waals surface area contributed by atoms with E-state index in [0.29, 0.717) is 25.3 Å². The van der Waals surface area contributed by atoms with Crippen LogP contribution in [0.2, 0.25) is 0 Å². The van der Waals surface area contributed by atoms with Crippen molar-refractivity contribution >= 4 is 116 Å². The molecule has 3 heterocycles. The van der Waals surface area contributed by atoms with E-state index in [-0.39, 0.29) is 96.7 Å². The van der Waals surface area contributed by atoms with Gasteiger partial charge < -0.3 is 141 Å². The highest BCUT2D eigenvalue weighted by Crippen LogP contribution is 2.46. The highest BCUT2D eigenvalue weighted by Gasteiger charge is 2.55. The van der Waals surface area contributed by atoms with E-state index in [0.717, 1.165) is 88.0 Å². The summed E-state index contributed by atoms with van der Waals surface area (Å²) in [6.45, 7) is 19.7. The van der Waals surface area contributed by atoms with Crippen LogP contribution in [0.5, 0.6) is 5.75 Å². The number of nitrogens with zero attached hydrogens (tertiary/aromatic N) is 3. The van der Waals surface area contributed by atoms with E-state index >= 15 is 0 Å². The molecule has 0 saturated carbocycles. The molecule has 0 spiro atoms. The minimum Gasteiger partial charge on any atom is -0.463 e. The summed E-state index contributed by atoms with van der Waals surface area (Å²) in [4.78, 5) is 223. The van der Waals surface area contributed by atoms with Gasteiger partial charge in [0.05, 0.1) is 66.1 Å². The summed E-state index contributed by atoms with van der Waals surface area (Å²) in [5.74, 6) is -12.9. The van der Waals surface area contributed by atoms with Crippen molar-refractivity contribution in [3.05, 3.63) is 29.8 Å². The molecule has 0 bridgehead atoms. The number of nitrogens with one attached hydrogen (secondary N) is 7. The van der Waals surface area contributed by atoms with Crippen LogP contribution >= 0.6 is 8.53 Å². The smallest absolute Gasteiger partial charge is 0.321 e. The molecule has 0 aliphatic carbocycles. The predicted molar refractivity (Wildman–Crippen MR) is 440 cm³/mol. The number of hydrogen-bond acceptors (Lipinski definition) is 39. The number of hydrogen-bond donors (Lipinski definition) is 7. The van der Waals surface area contributed by atoms with Crippen LogP contribution in [0.4, 0.5) is 0 Å². The van der Waals surface area contributed by atoms with Crippen LogP contribution in [0.1, 0.15) is 140 Å². The summed E-state index contributed by atoms with van der Waals surface area (Å²) in [6, 6.07) is 0.519. The fourth-order valence-corrected chi connectivity index (χ4v) is 14.6. The number of ether oxygens (including phenoxy) is 18. The van der Waals surface area contributed by atoms with Crippen LogP contribution in [0.25, 0.3) is 0 Å². The second kappa shape index (κ2) is 58.3. The summed E-state index contributed by atoms with van der Waals surface area (Å²) in [5, 5.41) is 18.3. The fraction of sp³-hybridized carbons (Fsp3) is 0.700. The van der Waals surface area contributed by atoms with Gasteiger partial charge in [0, 0.05) is 133 Å². The van der Waals surface area contributed by atoms with Crippen molar-refractivity contribution in [2.24, 2.45) is 4.99 Å². The average Bonchev–Trinajstić information content (AvgIpc) is 0.799. The molecule has 720 valence electrons. The van der Waals surface area contributed by atoms with E-state index < -0.39 is 253 Å². The first-order valence-corrected chi connectivity index (χ1v) is 42.3. The highest BCUT2D eigenvalue weighted by molar-refractivity contribution is 7.45. The molecule has 3 aliphatic rings. The first kappa shape index (κ1) is 110. The van der Waals surface area contributed by atoms with Crippen LogP contribution in [0.3, 0.4) is 0 Å². The third-order valence-corrected chi connectivity index (χ3v) is 20.0. The molecule has 47 nitrogen and oxygen atoms in total. The number of benzene rings is 1. The van der Waals surface area contributed by atoms with Gasteiger partial charge in [-0.25, -0.2) is 4.67 Å². The average molecular weight is 1850 g/mol. The lowest BCUT2D eigenvalue weighted by Crippen LogP contribution is -2.66. The maximum Gasteiger partial charge on any atom is 0.321 e. The summed E-state index contributed by atoms with van der Waals surface area (Å²) in [7, 11) is -1.69. The quantitative estimate of drug-likeness (QED) is 0.0130. The standard InChI is InChI=1S/C80H123N10O37P/c1-44(2)90(45(3)4)128(117-29-18-25-81-17)127-59-21-19-58(20-22-59)76(106)88-60(77(107)84-28-32-110-35-38-113-80-69(87-48(7)93)75(123-57(16)102)72(120-54(13)99)63(126-80)43-116-51(10)96)23-24-66(105)89(39-64(103)82-26-30-108-33-36-111-78-67(85-46(5)91)73(121-55(14)100)70(118-52(11)97)61(124-78)41-114-49(8)94)40-65(104)83-27-31-109-34-37-112-79-68(86-47(6)92)74(122-56(15)101)71(119-53(12)98)62(125-79)42-115-50(9)95/h19-22,44-45,60-63,67-75,78-80H,17-18,23-43H2,1-16H3,(H,82,103)(H,83,104)(H,84,107)(H,85,91)(H,86,92)(H,87,93)(H,88,106).